The Kier molecular flexibility index (Phi) is 4.43. The minimum Gasteiger partial charge on any atom is -0.397 e. The molecule has 5 rings (SSSR count). The smallest absolute Gasteiger partial charge is 0.142 e. The number of nitrogens with two attached hydrogens (primary N) is 1. The Morgan fingerprint density at radius 3 is 2.79 bits per heavy atom. The number of likely N-dealkylation sites (tertiary alicyclic amines) is 1. The predicted molar refractivity (Wildman–Crippen MR) is 115 cm³/mol. The van der Waals surface area contributed by atoms with Crippen LogP contribution < -0.4 is 5.73 Å². The van der Waals surface area contributed by atoms with Crippen molar-refractivity contribution >= 4 is 27.6 Å². The molecule has 0 radical (unpaired) electrons. The van der Waals surface area contributed by atoms with Gasteiger partial charge in [0.1, 0.15) is 11.6 Å². The number of imidazole rings is 1. The highest BCUT2D eigenvalue weighted by Crippen LogP contribution is 2.34. The zero-order valence-electron chi connectivity index (χ0n) is 16.5. The largest absolute Gasteiger partial charge is 0.397 e. The highest BCUT2D eigenvalue weighted by molar-refractivity contribution is 5.98. The Balaban J connectivity index is 1.52. The molecule has 0 atom stereocenters. The van der Waals surface area contributed by atoms with Crippen LogP contribution in [0.4, 0.5) is 10.1 Å². The normalized spacial score (nSPS) is 16.1. The molecule has 2 aromatic carbocycles. The maximum Gasteiger partial charge on any atom is 0.142 e. The lowest BCUT2D eigenvalue weighted by molar-refractivity contribution is 0.222. The number of halogens is 1. The lowest BCUT2D eigenvalue weighted by atomic mass is 9.89. The molecular formula is C23H24FN5. The molecule has 6 heteroatoms. The van der Waals surface area contributed by atoms with Crippen LogP contribution >= 0.6 is 0 Å². The van der Waals surface area contributed by atoms with Crippen LogP contribution in [-0.4, -0.2) is 39.5 Å². The summed E-state index contributed by atoms with van der Waals surface area (Å²) in [4.78, 5) is 14.9. The molecule has 2 aromatic heterocycles. The van der Waals surface area contributed by atoms with Gasteiger partial charge in [-0.1, -0.05) is 19.1 Å². The molecule has 0 spiro atoms. The SMILES string of the molecule is CCN1CCC(c2ccc3nc(-c4cnc5cccc(F)c5c4N)[nH]c3c2)CC1. The molecule has 0 unspecified atom stereocenters. The summed E-state index contributed by atoms with van der Waals surface area (Å²) in [6, 6.07) is 11.2. The van der Waals surface area contributed by atoms with Crippen molar-refractivity contribution in [3.8, 4) is 11.4 Å². The van der Waals surface area contributed by atoms with Gasteiger partial charge >= 0.3 is 0 Å². The van der Waals surface area contributed by atoms with E-state index in [0.717, 1.165) is 30.7 Å². The average molecular weight is 389 g/mol. The van der Waals surface area contributed by atoms with Gasteiger partial charge in [0.25, 0.3) is 0 Å². The van der Waals surface area contributed by atoms with Crippen molar-refractivity contribution < 1.29 is 4.39 Å². The van der Waals surface area contributed by atoms with Crippen LogP contribution in [0.5, 0.6) is 0 Å². The minimum atomic E-state index is -0.369. The highest BCUT2D eigenvalue weighted by atomic mass is 19.1. The Morgan fingerprint density at radius 1 is 1.17 bits per heavy atom. The van der Waals surface area contributed by atoms with E-state index < -0.39 is 0 Å². The molecule has 1 fully saturated rings. The fraction of sp³-hybridized carbons (Fsp3) is 0.304. The second-order valence-electron chi connectivity index (χ2n) is 7.79. The van der Waals surface area contributed by atoms with E-state index in [2.05, 4.69) is 45.0 Å². The van der Waals surface area contributed by atoms with Crippen molar-refractivity contribution in [1.82, 2.24) is 19.9 Å². The molecule has 1 aliphatic rings. The molecule has 0 bridgehead atoms. The summed E-state index contributed by atoms with van der Waals surface area (Å²) in [5.74, 6) is 0.828. The number of piperidine rings is 1. The summed E-state index contributed by atoms with van der Waals surface area (Å²) in [7, 11) is 0. The fourth-order valence-electron chi connectivity index (χ4n) is 4.41. The van der Waals surface area contributed by atoms with Gasteiger partial charge in [-0.3, -0.25) is 4.98 Å². The van der Waals surface area contributed by atoms with Crippen molar-refractivity contribution in [2.45, 2.75) is 25.7 Å². The fourth-order valence-corrected chi connectivity index (χ4v) is 4.41. The molecule has 0 saturated carbocycles. The first kappa shape index (κ1) is 18.1. The molecule has 4 aromatic rings. The summed E-state index contributed by atoms with van der Waals surface area (Å²) < 4.78 is 14.3. The van der Waals surface area contributed by atoms with Gasteiger partial charge in [0, 0.05) is 6.20 Å². The summed E-state index contributed by atoms with van der Waals surface area (Å²) in [6.45, 7) is 5.64. The van der Waals surface area contributed by atoms with Crippen LogP contribution in [0, 0.1) is 5.82 Å². The summed E-state index contributed by atoms with van der Waals surface area (Å²) >= 11 is 0. The molecule has 0 aliphatic carbocycles. The molecule has 1 aliphatic heterocycles. The monoisotopic (exact) mass is 389 g/mol. The van der Waals surface area contributed by atoms with Gasteiger partial charge in [-0.15, -0.1) is 0 Å². The molecular weight excluding hydrogens is 365 g/mol. The van der Waals surface area contributed by atoms with Crippen LogP contribution in [0.25, 0.3) is 33.3 Å². The number of pyridine rings is 1. The number of anilines is 1. The zero-order valence-corrected chi connectivity index (χ0v) is 16.5. The van der Waals surface area contributed by atoms with Crippen molar-refractivity contribution in [1.29, 1.82) is 0 Å². The number of nitrogen functional groups attached to an aromatic ring is 1. The van der Waals surface area contributed by atoms with Gasteiger partial charge in [-0.05, 0) is 68.2 Å². The standard InChI is InChI=1S/C23H24FN5/c1-2-29-10-8-14(9-11-29)15-6-7-18-20(12-15)28-23(27-18)16-13-26-19-5-3-4-17(24)21(19)22(16)25/h3-7,12-14H,2,8-11H2,1H3,(H2,25,26)(H,27,28). The van der Waals surface area contributed by atoms with Crippen LogP contribution in [0.1, 0.15) is 31.2 Å². The Morgan fingerprint density at radius 2 is 2.00 bits per heavy atom. The Bertz CT molecular complexity index is 1190. The van der Waals surface area contributed by atoms with Crippen LogP contribution in [0.2, 0.25) is 0 Å². The van der Waals surface area contributed by atoms with E-state index in [-0.39, 0.29) is 5.82 Å². The van der Waals surface area contributed by atoms with Crippen molar-refractivity contribution in [3.05, 3.63) is 54.0 Å². The van der Waals surface area contributed by atoms with Gasteiger partial charge in [0.05, 0.1) is 33.2 Å². The Hall–Kier alpha value is -2.99. The second-order valence-corrected chi connectivity index (χ2v) is 7.79. The van der Waals surface area contributed by atoms with E-state index in [1.54, 1.807) is 18.3 Å². The zero-order chi connectivity index (χ0) is 20.0. The number of H-pyrrole nitrogens is 1. The minimum absolute atomic E-state index is 0.342. The number of aromatic amines is 1. The van der Waals surface area contributed by atoms with Gasteiger partial charge < -0.3 is 15.6 Å². The van der Waals surface area contributed by atoms with Gasteiger partial charge in [-0.25, -0.2) is 9.37 Å². The van der Waals surface area contributed by atoms with E-state index in [0.29, 0.717) is 33.9 Å². The summed E-state index contributed by atoms with van der Waals surface area (Å²) in [6.07, 6.45) is 4.03. The molecule has 1 saturated heterocycles. The van der Waals surface area contributed by atoms with Gasteiger partial charge in [-0.2, -0.15) is 0 Å². The quantitative estimate of drug-likeness (QED) is 0.533. The lowest BCUT2D eigenvalue weighted by Gasteiger charge is -2.31. The number of aromatic nitrogens is 3. The third-order valence-corrected chi connectivity index (χ3v) is 6.15. The van der Waals surface area contributed by atoms with E-state index in [9.17, 15) is 4.39 Å². The van der Waals surface area contributed by atoms with Crippen LogP contribution in [0.3, 0.4) is 0 Å². The number of hydrogen-bond acceptors (Lipinski definition) is 4. The number of fused-ring (bicyclic) bond motifs is 2. The van der Waals surface area contributed by atoms with E-state index in [1.807, 2.05) is 0 Å². The maximum atomic E-state index is 14.3. The number of nitrogens with zero attached hydrogens (tertiary/aromatic N) is 3. The molecule has 29 heavy (non-hydrogen) atoms. The molecule has 0 amide bonds. The Labute approximate surface area is 168 Å². The first-order valence-corrected chi connectivity index (χ1v) is 10.2. The lowest BCUT2D eigenvalue weighted by Crippen LogP contribution is -2.32. The highest BCUT2D eigenvalue weighted by Gasteiger charge is 2.20. The van der Waals surface area contributed by atoms with Crippen molar-refractivity contribution in [3.63, 3.8) is 0 Å². The topological polar surface area (TPSA) is 70.8 Å². The molecule has 5 nitrogen and oxygen atoms in total. The third-order valence-electron chi connectivity index (χ3n) is 6.15. The van der Waals surface area contributed by atoms with E-state index in [1.165, 1.54) is 24.5 Å². The maximum absolute atomic E-state index is 14.3. The molecule has 3 heterocycles. The number of benzene rings is 2. The van der Waals surface area contributed by atoms with E-state index >= 15 is 0 Å². The summed E-state index contributed by atoms with van der Waals surface area (Å²) in [5.41, 5.74) is 11.0. The first-order chi connectivity index (χ1) is 14.1. The van der Waals surface area contributed by atoms with Gasteiger partial charge in [0.15, 0.2) is 0 Å². The number of nitrogens with one attached hydrogen (secondary N) is 1. The van der Waals surface area contributed by atoms with Crippen molar-refractivity contribution in [2.24, 2.45) is 0 Å². The van der Waals surface area contributed by atoms with Crippen LogP contribution in [-0.2, 0) is 0 Å². The summed E-state index contributed by atoms with van der Waals surface area (Å²) in [5, 5.41) is 0.342. The third kappa shape index (κ3) is 3.13. The van der Waals surface area contributed by atoms with Crippen molar-refractivity contribution in [2.75, 3.05) is 25.4 Å². The van der Waals surface area contributed by atoms with Gasteiger partial charge in [0.2, 0.25) is 0 Å². The predicted octanol–water partition coefficient (Wildman–Crippen LogP) is 4.70. The molecule has 3 N–H and O–H groups in total. The number of rotatable bonds is 3. The van der Waals surface area contributed by atoms with E-state index in [4.69, 9.17) is 5.73 Å². The van der Waals surface area contributed by atoms with Crippen LogP contribution in [0.15, 0.2) is 42.6 Å². The molecule has 148 valence electrons. The average Bonchev–Trinajstić information content (AvgIpc) is 3.17. The first-order valence-electron chi connectivity index (χ1n) is 10.2. The number of hydrogen-bond donors (Lipinski definition) is 2. The second kappa shape index (κ2) is 7.12.